The molecular formula is C26H34FN5O6. The topological polar surface area (TPSA) is 115 Å². The molecule has 11 nitrogen and oxygen atoms in total. The lowest BCUT2D eigenvalue weighted by Gasteiger charge is -2.44. The second-order valence-corrected chi connectivity index (χ2v) is 11.3. The third kappa shape index (κ3) is 4.89. The van der Waals surface area contributed by atoms with E-state index in [1.165, 1.54) is 14.0 Å². The summed E-state index contributed by atoms with van der Waals surface area (Å²) in [5.41, 5.74) is 1.17. The Balaban J connectivity index is 1.25. The first-order chi connectivity index (χ1) is 17.9. The molecule has 3 fully saturated rings. The maximum absolute atomic E-state index is 14.9. The molecular weight excluding hydrogens is 497 g/mol. The minimum Gasteiger partial charge on any atom is -0.444 e. The maximum atomic E-state index is 14.9. The van der Waals surface area contributed by atoms with Gasteiger partial charge in [0.1, 0.15) is 17.8 Å². The highest BCUT2D eigenvalue weighted by Crippen LogP contribution is 2.33. The number of hydrogen-bond donors (Lipinski definition) is 1. The van der Waals surface area contributed by atoms with Crippen LogP contribution in [-0.2, 0) is 26.1 Å². The van der Waals surface area contributed by atoms with E-state index in [0.29, 0.717) is 37.1 Å². The lowest BCUT2D eigenvalue weighted by molar-refractivity contribution is -0.135. The smallest absolute Gasteiger partial charge is 0.410 e. The van der Waals surface area contributed by atoms with Gasteiger partial charge < -0.3 is 19.3 Å². The Labute approximate surface area is 219 Å². The first kappa shape index (κ1) is 26.2. The van der Waals surface area contributed by atoms with Crippen molar-refractivity contribution in [3.63, 3.8) is 0 Å². The van der Waals surface area contributed by atoms with Crippen molar-refractivity contribution >= 4 is 34.6 Å². The molecule has 1 aromatic heterocycles. The van der Waals surface area contributed by atoms with Gasteiger partial charge >= 0.3 is 11.8 Å². The van der Waals surface area contributed by atoms with Gasteiger partial charge in [-0.05, 0) is 45.7 Å². The highest BCUT2D eigenvalue weighted by atomic mass is 19.1. The van der Waals surface area contributed by atoms with Gasteiger partial charge in [0.05, 0.1) is 35.5 Å². The van der Waals surface area contributed by atoms with Crippen molar-refractivity contribution in [2.24, 2.45) is 7.05 Å². The Bertz CT molecular complexity index is 1320. The first-order valence-corrected chi connectivity index (χ1v) is 13.0. The Morgan fingerprint density at radius 1 is 1.11 bits per heavy atom. The number of ether oxygens (including phenoxy) is 2. The van der Waals surface area contributed by atoms with Crippen LogP contribution in [0.3, 0.4) is 0 Å². The van der Waals surface area contributed by atoms with Crippen LogP contribution in [0.2, 0.25) is 0 Å². The predicted octanol–water partition coefficient (Wildman–Crippen LogP) is 1.87. The maximum Gasteiger partial charge on any atom is 0.410 e. The lowest BCUT2D eigenvalue weighted by Crippen LogP contribution is -2.57. The van der Waals surface area contributed by atoms with E-state index in [4.69, 9.17) is 9.47 Å². The molecule has 2 unspecified atom stereocenters. The molecule has 2 aromatic rings. The number of hydrogen-bond acceptors (Lipinski definition) is 7. The molecule has 4 heterocycles. The van der Waals surface area contributed by atoms with Gasteiger partial charge in [-0.25, -0.2) is 14.0 Å². The van der Waals surface area contributed by atoms with E-state index in [1.54, 1.807) is 33.9 Å². The number of rotatable bonds is 4. The van der Waals surface area contributed by atoms with E-state index >= 15 is 0 Å². The summed E-state index contributed by atoms with van der Waals surface area (Å²) in [4.78, 5) is 53.0. The van der Waals surface area contributed by atoms with Gasteiger partial charge in [0.15, 0.2) is 0 Å². The van der Waals surface area contributed by atoms with Crippen LogP contribution in [0.4, 0.5) is 14.9 Å². The van der Waals surface area contributed by atoms with E-state index in [-0.39, 0.29) is 37.1 Å². The highest BCUT2D eigenvalue weighted by molar-refractivity contribution is 6.00. The fourth-order valence-corrected chi connectivity index (χ4v) is 5.40. The third-order valence-corrected chi connectivity index (χ3v) is 7.29. The van der Waals surface area contributed by atoms with Gasteiger partial charge in [-0.15, -0.1) is 0 Å². The number of imide groups is 1. The Morgan fingerprint density at radius 2 is 1.84 bits per heavy atom. The summed E-state index contributed by atoms with van der Waals surface area (Å²) in [6.45, 7) is 6.68. The van der Waals surface area contributed by atoms with Crippen LogP contribution in [-0.4, -0.2) is 82.1 Å². The number of carbonyl (C=O) groups is 3. The van der Waals surface area contributed by atoms with Crippen LogP contribution in [0.1, 0.15) is 46.1 Å². The van der Waals surface area contributed by atoms with E-state index < -0.39 is 35.9 Å². The molecule has 3 amide bonds. The zero-order chi connectivity index (χ0) is 27.4. The monoisotopic (exact) mass is 531 g/mol. The number of nitrogens with one attached hydrogen (secondary N) is 1. The Morgan fingerprint density at radius 3 is 2.50 bits per heavy atom. The summed E-state index contributed by atoms with van der Waals surface area (Å²) in [6, 6.07) is 4.78. The van der Waals surface area contributed by atoms with Crippen LogP contribution in [0.25, 0.3) is 11.0 Å². The number of alkyl halides is 1. The molecule has 3 aliphatic heterocycles. The van der Waals surface area contributed by atoms with Gasteiger partial charge in [-0.2, -0.15) is 0 Å². The van der Waals surface area contributed by atoms with Crippen LogP contribution in [0, 0.1) is 0 Å². The van der Waals surface area contributed by atoms with Gasteiger partial charge in [-0.1, -0.05) is 6.07 Å². The molecule has 3 saturated heterocycles. The van der Waals surface area contributed by atoms with Crippen molar-refractivity contribution in [2.45, 2.75) is 70.1 Å². The number of benzene rings is 1. The number of amides is 3. The molecule has 206 valence electrons. The van der Waals surface area contributed by atoms with Gasteiger partial charge in [0.25, 0.3) is 0 Å². The van der Waals surface area contributed by atoms with E-state index in [2.05, 4.69) is 10.2 Å². The Kier molecular flexibility index (Phi) is 6.70. The number of anilines is 1. The SMILES string of the molecule is Cn1c(=O)n(C2CCC(=O)NC2=O)c2cccc(N3CC(OC4CCN(C(=O)OC(C)(C)C)C[C@H]4F)C3)c21. The molecule has 38 heavy (non-hydrogen) atoms. The van der Waals surface area contributed by atoms with Gasteiger partial charge in [-0.3, -0.25) is 24.0 Å². The highest BCUT2D eigenvalue weighted by Gasteiger charge is 2.39. The summed E-state index contributed by atoms with van der Waals surface area (Å²) >= 11 is 0. The summed E-state index contributed by atoms with van der Waals surface area (Å²) in [6.07, 6.45) is -1.78. The fourth-order valence-electron chi connectivity index (χ4n) is 5.40. The molecule has 0 saturated carbocycles. The largest absolute Gasteiger partial charge is 0.444 e. The van der Waals surface area contributed by atoms with Gasteiger partial charge in [0.2, 0.25) is 11.8 Å². The number of aromatic nitrogens is 2. The molecule has 1 N–H and O–H groups in total. The van der Waals surface area contributed by atoms with E-state index in [0.717, 1.165) is 5.69 Å². The zero-order valence-electron chi connectivity index (χ0n) is 22.1. The molecule has 0 aliphatic carbocycles. The standard InChI is InChI=1S/C26H34FN5O6/c1-26(2,3)38-25(36)30-11-10-20(16(27)14-30)37-15-12-31(13-15)17-6-5-7-18-22(17)29(4)24(35)32(18)19-8-9-21(33)28-23(19)34/h5-7,15-16,19-20H,8-14H2,1-4H3,(H,28,33,34)/t16-,19?,20?/m1/s1. The minimum absolute atomic E-state index is 0.0642. The second-order valence-electron chi connectivity index (χ2n) is 11.3. The van der Waals surface area contributed by atoms with Crippen LogP contribution in [0.5, 0.6) is 0 Å². The molecule has 0 bridgehead atoms. The quantitative estimate of drug-likeness (QED) is 0.599. The molecule has 5 rings (SSSR count). The van der Waals surface area contributed by atoms with Crippen molar-refractivity contribution in [1.29, 1.82) is 0 Å². The summed E-state index contributed by atoms with van der Waals surface area (Å²) < 4.78 is 29.3. The second kappa shape index (κ2) is 9.72. The molecule has 3 atom stereocenters. The summed E-state index contributed by atoms with van der Waals surface area (Å²) in [7, 11) is 1.66. The summed E-state index contributed by atoms with van der Waals surface area (Å²) in [5.74, 6) is -0.810. The van der Waals surface area contributed by atoms with E-state index in [9.17, 15) is 23.6 Å². The molecule has 12 heteroatoms. The average Bonchev–Trinajstić information content (AvgIpc) is 3.06. The molecule has 0 radical (unpaired) electrons. The van der Waals surface area contributed by atoms with Crippen molar-refractivity contribution in [3.05, 3.63) is 28.7 Å². The number of fused-ring (bicyclic) bond motifs is 1. The fraction of sp³-hybridized carbons (Fsp3) is 0.615. The van der Waals surface area contributed by atoms with Crippen molar-refractivity contribution in [3.8, 4) is 0 Å². The van der Waals surface area contributed by atoms with Crippen LogP contribution in [0.15, 0.2) is 23.0 Å². The van der Waals surface area contributed by atoms with Crippen LogP contribution < -0.4 is 15.9 Å². The van der Waals surface area contributed by atoms with Crippen molar-refractivity contribution in [1.82, 2.24) is 19.4 Å². The zero-order valence-corrected chi connectivity index (χ0v) is 22.1. The normalized spacial score (nSPS) is 24.9. The first-order valence-electron chi connectivity index (χ1n) is 13.0. The number of likely N-dealkylation sites (tertiary alicyclic amines) is 1. The third-order valence-electron chi connectivity index (χ3n) is 7.29. The number of para-hydroxylation sites is 1. The summed E-state index contributed by atoms with van der Waals surface area (Å²) in [5, 5.41) is 2.32. The van der Waals surface area contributed by atoms with Crippen LogP contribution >= 0.6 is 0 Å². The molecule has 0 spiro atoms. The molecule has 1 aromatic carbocycles. The average molecular weight is 532 g/mol. The predicted molar refractivity (Wildman–Crippen MR) is 137 cm³/mol. The Hall–Kier alpha value is -3.41. The van der Waals surface area contributed by atoms with Gasteiger partial charge in [0, 0.05) is 33.1 Å². The molecule has 3 aliphatic rings. The number of halogens is 1. The number of aryl methyl sites for hydroxylation is 1. The van der Waals surface area contributed by atoms with E-state index in [1.807, 2.05) is 12.1 Å². The number of nitrogens with zero attached hydrogens (tertiary/aromatic N) is 4. The lowest BCUT2D eigenvalue weighted by atomic mass is 10.0. The van der Waals surface area contributed by atoms with Crippen molar-refractivity contribution < 1.29 is 28.2 Å². The number of imidazole rings is 1. The van der Waals surface area contributed by atoms with Crippen molar-refractivity contribution in [2.75, 3.05) is 31.1 Å². The minimum atomic E-state index is -1.31. The number of piperidine rings is 2. The number of carbonyl (C=O) groups excluding carboxylic acids is 3.